The molecule has 11 atom stereocenters. The van der Waals surface area contributed by atoms with Gasteiger partial charge in [0.15, 0.2) is 0 Å². The Labute approximate surface area is 216 Å². The lowest BCUT2D eigenvalue weighted by molar-refractivity contribution is -0.218. The Morgan fingerprint density at radius 1 is 0.972 bits per heavy atom. The van der Waals surface area contributed by atoms with E-state index in [1.165, 1.54) is 21.0 Å². The molecule has 0 amide bonds. The quantitative estimate of drug-likeness (QED) is 0.412. The van der Waals surface area contributed by atoms with Crippen LogP contribution in [0, 0.1) is 46.3 Å². The maximum Gasteiger partial charge on any atom is 0.305 e. The summed E-state index contributed by atoms with van der Waals surface area (Å²) in [5, 5.41) is 11.8. The Morgan fingerprint density at radius 2 is 1.67 bits per heavy atom. The number of ether oxygens (including phenoxy) is 3. The first-order valence-corrected chi connectivity index (χ1v) is 14.0. The van der Waals surface area contributed by atoms with Crippen molar-refractivity contribution >= 4 is 17.9 Å². The Hall–Kier alpha value is -1.63. The summed E-state index contributed by atoms with van der Waals surface area (Å²) in [5.74, 6) is 0.965. The topological polar surface area (TPSA) is 99.1 Å². The molecule has 0 heterocycles. The molecule has 0 bridgehead atoms. The van der Waals surface area contributed by atoms with E-state index in [2.05, 4.69) is 20.8 Å². The van der Waals surface area contributed by atoms with Gasteiger partial charge in [0.1, 0.15) is 12.2 Å². The minimum absolute atomic E-state index is 0.0227. The summed E-state index contributed by atoms with van der Waals surface area (Å²) in [4.78, 5) is 35.7. The van der Waals surface area contributed by atoms with Crippen LogP contribution in [0.2, 0.25) is 0 Å². The van der Waals surface area contributed by atoms with E-state index in [9.17, 15) is 19.5 Å². The molecule has 7 heteroatoms. The molecule has 4 rings (SSSR count). The van der Waals surface area contributed by atoms with E-state index in [1.54, 1.807) is 0 Å². The van der Waals surface area contributed by atoms with Crippen molar-refractivity contribution in [2.24, 2.45) is 46.3 Å². The van der Waals surface area contributed by atoms with Crippen molar-refractivity contribution in [1.82, 2.24) is 0 Å². The van der Waals surface area contributed by atoms with Gasteiger partial charge in [0, 0.05) is 26.2 Å². The number of hydrogen-bond acceptors (Lipinski definition) is 7. The van der Waals surface area contributed by atoms with E-state index in [-0.39, 0.29) is 64.6 Å². The zero-order valence-corrected chi connectivity index (χ0v) is 23.0. The summed E-state index contributed by atoms with van der Waals surface area (Å²) in [5.41, 5.74) is -0.248. The van der Waals surface area contributed by atoms with Gasteiger partial charge < -0.3 is 19.3 Å². The van der Waals surface area contributed by atoms with Gasteiger partial charge in [-0.05, 0) is 91.8 Å². The normalized spacial score (nSPS) is 44.4. The number of rotatable bonds is 6. The highest BCUT2D eigenvalue weighted by atomic mass is 16.5. The first kappa shape index (κ1) is 27.4. The number of carbonyl (C=O) groups excluding carboxylic acids is 3. The second-order valence-electron chi connectivity index (χ2n) is 12.8. The molecule has 36 heavy (non-hydrogen) atoms. The average Bonchev–Trinajstić information content (AvgIpc) is 3.16. The highest BCUT2D eigenvalue weighted by Crippen LogP contribution is 2.68. The molecule has 204 valence electrons. The molecule has 7 nitrogen and oxygen atoms in total. The standard InChI is InChI=1S/C29H46O7/c1-16(7-10-26(33)34-6)21-8-9-22-27-23(15-25(32)29(21,22)5)28(4)12-11-20(35-17(2)30)13-19(28)14-24(27)36-18(3)31/h16,19-25,27,32H,7-15H2,1-6H3/t16-,19+,20-,21-,22+,23+,24-,25-,27+,28+,29-/m1/s1. The molecule has 1 N–H and O–H groups in total. The number of carbonyl (C=O) groups is 3. The fraction of sp³-hybridized carbons (Fsp3) is 0.897. The number of fused-ring (bicyclic) bond motifs is 5. The van der Waals surface area contributed by atoms with E-state index in [0.717, 1.165) is 44.9 Å². The van der Waals surface area contributed by atoms with Gasteiger partial charge >= 0.3 is 17.9 Å². The molecule has 0 saturated heterocycles. The molecule has 0 aromatic rings. The van der Waals surface area contributed by atoms with Crippen LogP contribution in [0.4, 0.5) is 0 Å². The van der Waals surface area contributed by atoms with E-state index in [4.69, 9.17) is 14.2 Å². The second kappa shape index (κ2) is 10.3. The van der Waals surface area contributed by atoms with Crippen molar-refractivity contribution < 1.29 is 33.7 Å². The molecule has 4 aliphatic rings. The number of aliphatic hydroxyl groups is 1. The van der Waals surface area contributed by atoms with E-state index >= 15 is 0 Å². The number of aliphatic hydroxyl groups excluding tert-OH is 1. The van der Waals surface area contributed by atoms with Crippen LogP contribution in [-0.2, 0) is 28.6 Å². The zero-order chi connectivity index (χ0) is 26.4. The van der Waals surface area contributed by atoms with Gasteiger partial charge in [0.2, 0.25) is 0 Å². The van der Waals surface area contributed by atoms with Crippen LogP contribution < -0.4 is 0 Å². The molecule has 0 unspecified atom stereocenters. The van der Waals surface area contributed by atoms with Gasteiger partial charge in [0.05, 0.1) is 13.2 Å². The fourth-order valence-corrected chi connectivity index (χ4v) is 9.42. The van der Waals surface area contributed by atoms with Gasteiger partial charge in [-0.15, -0.1) is 0 Å². The largest absolute Gasteiger partial charge is 0.469 e. The summed E-state index contributed by atoms with van der Waals surface area (Å²) >= 11 is 0. The zero-order valence-electron chi connectivity index (χ0n) is 23.0. The Morgan fingerprint density at radius 3 is 2.31 bits per heavy atom. The third-order valence-electron chi connectivity index (χ3n) is 11.2. The van der Waals surface area contributed by atoms with Crippen molar-refractivity contribution in [3.63, 3.8) is 0 Å². The highest BCUT2D eigenvalue weighted by molar-refractivity contribution is 5.69. The van der Waals surface area contributed by atoms with Gasteiger partial charge in [-0.2, -0.15) is 0 Å². The van der Waals surface area contributed by atoms with E-state index in [1.807, 2.05) is 0 Å². The van der Waals surface area contributed by atoms with Crippen LogP contribution in [0.15, 0.2) is 0 Å². The fourth-order valence-electron chi connectivity index (χ4n) is 9.42. The predicted octanol–water partition coefficient (Wildman–Crippen LogP) is 4.68. The van der Waals surface area contributed by atoms with Crippen LogP contribution in [0.1, 0.15) is 92.4 Å². The lowest BCUT2D eigenvalue weighted by atomic mass is 9.43. The molecule has 0 spiro atoms. The molecule has 0 aromatic carbocycles. The number of esters is 3. The molecule has 4 aliphatic carbocycles. The van der Waals surface area contributed by atoms with Crippen molar-refractivity contribution in [1.29, 1.82) is 0 Å². The first-order chi connectivity index (χ1) is 16.9. The van der Waals surface area contributed by atoms with Gasteiger partial charge in [-0.1, -0.05) is 20.8 Å². The summed E-state index contributed by atoms with van der Waals surface area (Å²) < 4.78 is 16.5. The molecule has 4 saturated carbocycles. The van der Waals surface area contributed by atoms with Crippen molar-refractivity contribution in [3.8, 4) is 0 Å². The average molecular weight is 507 g/mol. The van der Waals surface area contributed by atoms with Crippen LogP contribution in [0.3, 0.4) is 0 Å². The molecule has 0 radical (unpaired) electrons. The molecule has 0 aromatic heterocycles. The maximum absolute atomic E-state index is 12.2. The van der Waals surface area contributed by atoms with Crippen molar-refractivity contribution in [3.05, 3.63) is 0 Å². The number of methoxy groups -OCH3 is 1. The van der Waals surface area contributed by atoms with E-state index in [0.29, 0.717) is 24.7 Å². The summed E-state index contributed by atoms with van der Waals surface area (Å²) in [7, 11) is 1.43. The maximum atomic E-state index is 12.2. The monoisotopic (exact) mass is 506 g/mol. The highest BCUT2D eigenvalue weighted by Gasteiger charge is 2.66. The van der Waals surface area contributed by atoms with E-state index < -0.39 is 6.10 Å². The molecular weight excluding hydrogens is 460 g/mol. The van der Waals surface area contributed by atoms with Crippen LogP contribution in [-0.4, -0.2) is 48.4 Å². The lowest BCUT2D eigenvalue weighted by Gasteiger charge is -2.64. The van der Waals surface area contributed by atoms with Crippen LogP contribution in [0.5, 0.6) is 0 Å². The van der Waals surface area contributed by atoms with Gasteiger partial charge in [-0.3, -0.25) is 14.4 Å². The first-order valence-electron chi connectivity index (χ1n) is 14.0. The van der Waals surface area contributed by atoms with Crippen molar-refractivity contribution in [2.75, 3.05) is 7.11 Å². The summed E-state index contributed by atoms with van der Waals surface area (Å²) in [6.45, 7) is 9.78. The summed E-state index contributed by atoms with van der Waals surface area (Å²) in [6, 6.07) is 0. The third-order valence-corrected chi connectivity index (χ3v) is 11.2. The van der Waals surface area contributed by atoms with Crippen LogP contribution >= 0.6 is 0 Å². The third kappa shape index (κ3) is 4.69. The Kier molecular flexibility index (Phi) is 7.81. The molecular formula is C29H46O7. The second-order valence-corrected chi connectivity index (χ2v) is 12.8. The Balaban J connectivity index is 1.62. The SMILES string of the molecule is COC(=O)CC[C@@H](C)[C@H]1CC[C@H]2[C@@H]3[C@H](OC(C)=O)C[C@@H]4C[C@H](OC(C)=O)CC[C@]4(C)[C@H]3C[C@@H](O)[C@]12C. The summed E-state index contributed by atoms with van der Waals surface area (Å²) in [6.07, 6.45) is 6.59. The molecule has 4 fully saturated rings. The smallest absolute Gasteiger partial charge is 0.305 e. The van der Waals surface area contributed by atoms with Crippen LogP contribution in [0.25, 0.3) is 0 Å². The minimum Gasteiger partial charge on any atom is -0.469 e. The Bertz CT molecular complexity index is 857. The minimum atomic E-state index is -0.434. The number of hydrogen-bond donors (Lipinski definition) is 1. The molecule has 0 aliphatic heterocycles. The van der Waals surface area contributed by atoms with Gasteiger partial charge in [-0.25, -0.2) is 0 Å². The lowest BCUT2D eigenvalue weighted by Crippen LogP contribution is -2.63. The predicted molar refractivity (Wildman–Crippen MR) is 134 cm³/mol. The van der Waals surface area contributed by atoms with Crippen molar-refractivity contribution in [2.45, 2.75) is 111 Å². The van der Waals surface area contributed by atoms with Gasteiger partial charge in [0.25, 0.3) is 0 Å².